The normalized spacial score (nSPS) is 21.5. The van der Waals surface area contributed by atoms with E-state index in [1.807, 2.05) is 0 Å². The zero-order chi connectivity index (χ0) is 49.1. The second-order valence-electron chi connectivity index (χ2n) is 17.2. The third-order valence-electron chi connectivity index (χ3n) is 13.1. The molecular weight excluding hydrogens is 887 g/mol. The molecule has 2 aliphatic carbocycles. The predicted octanol–water partition coefficient (Wildman–Crippen LogP) is 8.70. The number of hydrogen-bond donors (Lipinski definition) is 3. The Morgan fingerprint density at radius 3 is 2.38 bits per heavy atom. The van der Waals surface area contributed by atoms with Crippen LogP contribution in [-0.2, 0) is 16.2 Å². The lowest BCUT2D eigenvalue weighted by atomic mass is 9.55. The van der Waals surface area contributed by atoms with Crippen LogP contribution < -0.4 is 24.3 Å². The van der Waals surface area contributed by atoms with Crippen molar-refractivity contribution in [3.05, 3.63) is 142 Å². The number of nitrogens with one attached hydrogen (secondary N) is 1. The SMILES string of the molecule is C=CCO[C@@]12Oc3ccc(OC(=O)Nc4ccc(OC)cc4OC)cc3[C@H]3[C@H](CCCCO)[C@@H](CCCCO)C=C(C(=NOCc4ccc([N+](=O)[O-])cc4)C[C@@H]1N(C)C(=O)c1ccc(C#N)cc1)[C@H]32. The highest BCUT2D eigenvalue weighted by Gasteiger charge is 2.65. The summed E-state index contributed by atoms with van der Waals surface area (Å²) in [4.78, 5) is 46.8. The number of methoxy groups -OCH3 is 2. The lowest BCUT2D eigenvalue weighted by molar-refractivity contribution is -0.384. The van der Waals surface area contributed by atoms with Crippen LogP contribution >= 0.6 is 0 Å². The molecule has 0 radical (unpaired) electrons. The first-order valence-electron chi connectivity index (χ1n) is 22.9. The van der Waals surface area contributed by atoms with Crippen molar-refractivity contribution in [3.8, 4) is 29.1 Å². The quantitative estimate of drug-likeness (QED) is 0.0308. The molecule has 2 amide bonds. The van der Waals surface area contributed by atoms with Gasteiger partial charge in [0.05, 0.1) is 54.7 Å². The Labute approximate surface area is 400 Å². The number of nitrogens with zero attached hydrogens (tertiary/aromatic N) is 4. The van der Waals surface area contributed by atoms with E-state index in [4.69, 9.17) is 33.7 Å². The molecule has 3 aliphatic rings. The minimum absolute atomic E-state index is 0.00246. The number of likely N-dealkylation sites (N-methyl/N-ethyl adjacent to an activating group) is 1. The van der Waals surface area contributed by atoms with Crippen molar-refractivity contribution in [2.45, 2.75) is 69.3 Å². The summed E-state index contributed by atoms with van der Waals surface area (Å²) in [5.74, 6) is -1.64. The maximum Gasteiger partial charge on any atom is 0.417 e. The Morgan fingerprint density at radius 1 is 0.986 bits per heavy atom. The number of oxime groups is 1. The second-order valence-corrected chi connectivity index (χ2v) is 17.2. The summed E-state index contributed by atoms with van der Waals surface area (Å²) in [6.07, 6.45) is 7.06. The molecule has 0 bridgehead atoms. The first-order valence-corrected chi connectivity index (χ1v) is 22.9. The number of non-ortho nitro benzene ring substituents is 1. The fourth-order valence-corrected chi connectivity index (χ4v) is 9.87. The molecule has 3 N–H and O–H groups in total. The van der Waals surface area contributed by atoms with Gasteiger partial charge in [-0.25, -0.2) is 4.79 Å². The molecule has 362 valence electrons. The number of anilines is 1. The molecule has 1 fully saturated rings. The van der Waals surface area contributed by atoms with E-state index in [2.05, 4.69) is 24.0 Å². The van der Waals surface area contributed by atoms with Gasteiger partial charge in [-0.3, -0.25) is 20.2 Å². The van der Waals surface area contributed by atoms with E-state index in [9.17, 15) is 35.2 Å². The zero-order valence-corrected chi connectivity index (χ0v) is 38.9. The van der Waals surface area contributed by atoms with Gasteiger partial charge in [-0.2, -0.15) is 5.26 Å². The van der Waals surface area contributed by atoms with E-state index in [0.717, 1.165) is 11.1 Å². The van der Waals surface area contributed by atoms with Gasteiger partial charge >= 0.3 is 6.09 Å². The highest BCUT2D eigenvalue weighted by molar-refractivity contribution is 6.03. The Hall–Kier alpha value is -7.26. The number of amides is 2. The summed E-state index contributed by atoms with van der Waals surface area (Å²) in [7, 11) is 4.68. The second kappa shape index (κ2) is 22.7. The third kappa shape index (κ3) is 10.9. The topological polar surface area (TPSA) is 225 Å². The van der Waals surface area contributed by atoms with Crippen molar-refractivity contribution in [1.29, 1.82) is 5.26 Å². The molecule has 4 aromatic rings. The molecule has 0 aromatic heterocycles. The van der Waals surface area contributed by atoms with Gasteiger partial charge in [0, 0.05) is 61.9 Å². The Morgan fingerprint density at radius 2 is 1.71 bits per heavy atom. The molecule has 69 heavy (non-hydrogen) atoms. The van der Waals surface area contributed by atoms with Gasteiger partial charge in [-0.1, -0.05) is 30.1 Å². The molecular formula is C52H57N5O12. The largest absolute Gasteiger partial charge is 0.497 e. The molecule has 0 saturated heterocycles. The van der Waals surface area contributed by atoms with Crippen LogP contribution in [0.2, 0.25) is 0 Å². The Balaban J connectivity index is 1.38. The highest BCUT2D eigenvalue weighted by Crippen LogP contribution is 2.62. The van der Waals surface area contributed by atoms with Crippen molar-refractivity contribution in [3.63, 3.8) is 0 Å². The first-order chi connectivity index (χ1) is 33.5. The average molecular weight is 944 g/mol. The summed E-state index contributed by atoms with van der Waals surface area (Å²) >= 11 is 0. The van der Waals surface area contributed by atoms with Gasteiger partial charge in [-0.05, 0) is 115 Å². The number of hydrogen-bond acceptors (Lipinski definition) is 14. The molecule has 0 spiro atoms. The van der Waals surface area contributed by atoms with E-state index >= 15 is 0 Å². The molecule has 1 saturated carbocycles. The summed E-state index contributed by atoms with van der Waals surface area (Å²) in [6.45, 7) is 4.02. The van der Waals surface area contributed by atoms with E-state index < -0.39 is 34.7 Å². The summed E-state index contributed by atoms with van der Waals surface area (Å²) in [5.41, 5.74) is 3.71. The number of carbonyl (C=O) groups is 2. The standard InChI is InChI=1S/C52H57N5O12/c1-5-26-66-52-47(56(2)50(60)35-16-12-33(31-53)13-17-35)30-44(55-67-32-34-14-18-37(19-15-34)57(62)63)41-27-36(10-6-8-24-58)40(11-7-9-25-59)48(49(41)52)42-28-39(21-23-45(42)69-52)68-51(61)54-43-22-20-38(64-3)29-46(43)65-4/h5,12-23,27-29,36,40,47-49,58-59H,1,6-11,24-26,30,32H2,2-4H3,(H,54,61)/t36-,40+,47-,48+,49+,52+/m0/s1. The number of rotatable bonds is 21. The van der Waals surface area contributed by atoms with Crippen LogP contribution in [0.4, 0.5) is 16.2 Å². The molecule has 7 rings (SSSR count). The number of carbonyl (C=O) groups excluding carboxylic acids is 2. The molecule has 1 heterocycles. The van der Waals surface area contributed by atoms with Gasteiger partial charge in [0.15, 0.2) is 0 Å². The Bertz CT molecular complexity index is 2590. The van der Waals surface area contributed by atoms with E-state index in [-0.39, 0.29) is 62.0 Å². The van der Waals surface area contributed by atoms with Crippen molar-refractivity contribution in [2.24, 2.45) is 22.9 Å². The maximum absolute atomic E-state index is 14.7. The number of benzene rings is 4. The van der Waals surface area contributed by atoms with Gasteiger partial charge in [-0.15, -0.1) is 6.58 Å². The van der Waals surface area contributed by atoms with Crippen LogP contribution in [0.25, 0.3) is 0 Å². The molecule has 17 heteroatoms. The van der Waals surface area contributed by atoms with Crippen LogP contribution in [-0.4, -0.2) is 90.7 Å². The van der Waals surface area contributed by atoms with Gasteiger partial charge in [0.25, 0.3) is 11.6 Å². The fourth-order valence-electron chi connectivity index (χ4n) is 9.87. The highest BCUT2D eigenvalue weighted by atomic mass is 16.7. The molecule has 0 unspecified atom stereocenters. The van der Waals surface area contributed by atoms with Crippen molar-refractivity contribution >= 4 is 29.1 Å². The zero-order valence-electron chi connectivity index (χ0n) is 38.9. The molecule has 4 aromatic carbocycles. The number of aliphatic hydroxyl groups is 2. The van der Waals surface area contributed by atoms with E-state index in [0.29, 0.717) is 83.9 Å². The van der Waals surface area contributed by atoms with Crippen LogP contribution in [0, 0.1) is 39.2 Å². The number of ether oxygens (including phenoxy) is 5. The third-order valence-corrected chi connectivity index (χ3v) is 13.1. The fraction of sp³-hybridized carbons (Fsp3) is 0.385. The van der Waals surface area contributed by atoms with Crippen molar-refractivity contribution in [2.75, 3.05) is 46.4 Å². The van der Waals surface area contributed by atoms with Gasteiger partial charge < -0.3 is 43.6 Å². The lowest BCUT2D eigenvalue weighted by Gasteiger charge is -2.59. The van der Waals surface area contributed by atoms with Crippen molar-refractivity contribution < 1.29 is 53.2 Å². The van der Waals surface area contributed by atoms with E-state index in [1.54, 1.807) is 90.8 Å². The molecule has 6 atom stereocenters. The summed E-state index contributed by atoms with van der Waals surface area (Å²) in [6, 6.07) is 23.7. The van der Waals surface area contributed by atoms with Gasteiger partial charge in [0.2, 0.25) is 5.79 Å². The summed E-state index contributed by atoms with van der Waals surface area (Å²) in [5, 5.41) is 48.4. The average Bonchev–Trinajstić information content (AvgIpc) is 3.36. The molecule has 1 aliphatic heterocycles. The summed E-state index contributed by atoms with van der Waals surface area (Å²) < 4.78 is 31.0. The Kier molecular flexibility index (Phi) is 16.3. The van der Waals surface area contributed by atoms with Gasteiger partial charge in [0.1, 0.15) is 35.6 Å². The van der Waals surface area contributed by atoms with Crippen LogP contribution in [0.15, 0.2) is 114 Å². The van der Waals surface area contributed by atoms with E-state index in [1.165, 1.54) is 26.4 Å². The smallest absolute Gasteiger partial charge is 0.417 e. The number of fused-ring (bicyclic) bond motifs is 2. The first kappa shape index (κ1) is 49.6. The van der Waals surface area contributed by atoms with Crippen LogP contribution in [0.1, 0.15) is 77.9 Å². The van der Waals surface area contributed by atoms with Crippen molar-refractivity contribution in [1.82, 2.24) is 4.90 Å². The predicted molar refractivity (Wildman–Crippen MR) is 255 cm³/mol. The molecule has 17 nitrogen and oxygen atoms in total. The number of nitro groups is 1. The lowest BCUT2D eigenvalue weighted by Crippen LogP contribution is -2.69. The minimum Gasteiger partial charge on any atom is -0.497 e. The monoisotopic (exact) mass is 943 g/mol. The number of allylic oxidation sites excluding steroid dienone is 1. The number of unbranched alkanes of at least 4 members (excludes halogenated alkanes) is 2. The van der Waals surface area contributed by atoms with Crippen LogP contribution in [0.3, 0.4) is 0 Å². The number of nitro benzene ring substituents is 1. The maximum atomic E-state index is 14.7. The number of nitriles is 1. The minimum atomic E-state index is -1.57. The van der Waals surface area contributed by atoms with Crippen LogP contribution in [0.5, 0.6) is 23.0 Å². The number of aliphatic hydroxyl groups excluding tert-OH is 2.